The number of imidazole rings is 1. The SMILES string of the molecule is OC[C@H]1OC(n2cnc3c(O)ncnc32)[C@H](F)[C@@H]1O. The molecular formula is C10H11FN4O4. The summed E-state index contributed by atoms with van der Waals surface area (Å²) < 4.78 is 20.5. The number of hydrogen-bond acceptors (Lipinski definition) is 7. The lowest BCUT2D eigenvalue weighted by Crippen LogP contribution is -2.30. The number of aromatic nitrogens is 4. The molecule has 9 heteroatoms. The maximum atomic E-state index is 14.0. The molecule has 1 fully saturated rings. The van der Waals surface area contributed by atoms with Crippen LogP contribution in [-0.2, 0) is 4.74 Å². The Morgan fingerprint density at radius 1 is 1.37 bits per heavy atom. The van der Waals surface area contributed by atoms with Crippen LogP contribution in [0.5, 0.6) is 5.88 Å². The molecule has 2 aromatic rings. The minimum absolute atomic E-state index is 0.111. The van der Waals surface area contributed by atoms with Gasteiger partial charge >= 0.3 is 0 Å². The topological polar surface area (TPSA) is 114 Å². The molecule has 3 heterocycles. The third kappa shape index (κ3) is 1.74. The number of fused-ring (bicyclic) bond motifs is 1. The zero-order chi connectivity index (χ0) is 13.6. The summed E-state index contributed by atoms with van der Waals surface area (Å²) in [5.41, 5.74) is 0.297. The van der Waals surface area contributed by atoms with Gasteiger partial charge in [0.2, 0.25) is 5.88 Å². The number of aliphatic hydroxyl groups excluding tert-OH is 2. The number of hydrogen-bond donors (Lipinski definition) is 3. The third-order valence-corrected chi connectivity index (χ3v) is 3.09. The highest BCUT2D eigenvalue weighted by atomic mass is 19.1. The standard InChI is InChI=1S/C10H11FN4O4/c11-5-7(17)4(1-16)19-10(5)15-3-14-6-8(15)12-2-13-9(6)18/h2-5,7,10,16-17H,1H2,(H,12,13,18)/t4-,5-,7-,10?/m1/s1. The molecule has 3 N–H and O–H groups in total. The molecule has 0 amide bonds. The predicted octanol–water partition coefficient (Wildman–Crippen LogP) is -0.879. The van der Waals surface area contributed by atoms with Crippen molar-refractivity contribution in [2.75, 3.05) is 6.61 Å². The largest absolute Gasteiger partial charge is 0.492 e. The fourth-order valence-electron chi connectivity index (χ4n) is 2.10. The van der Waals surface area contributed by atoms with Crippen molar-refractivity contribution in [1.82, 2.24) is 19.5 Å². The molecule has 3 rings (SSSR count). The number of aromatic hydroxyl groups is 1. The van der Waals surface area contributed by atoms with Gasteiger partial charge in [-0.05, 0) is 0 Å². The van der Waals surface area contributed by atoms with Gasteiger partial charge in [-0.25, -0.2) is 14.4 Å². The van der Waals surface area contributed by atoms with Gasteiger partial charge in [-0.3, -0.25) is 4.57 Å². The van der Waals surface area contributed by atoms with E-state index in [-0.39, 0.29) is 17.0 Å². The quantitative estimate of drug-likeness (QED) is 0.649. The van der Waals surface area contributed by atoms with Crippen LogP contribution in [0.15, 0.2) is 12.7 Å². The van der Waals surface area contributed by atoms with Crippen LogP contribution in [0.1, 0.15) is 6.23 Å². The van der Waals surface area contributed by atoms with Crippen molar-refractivity contribution in [2.45, 2.75) is 24.6 Å². The predicted molar refractivity (Wildman–Crippen MR) is 58.9 cm³/mol. The highest BCUT2D eigenvalue weighted by Crippen LogP contribution is 2.34. The Balaban J connectivity index is 2.04. The fraction of sp³-hybridized carbons (Fsp3) is 0.500. The first-order valence-corrected chi connectivity index (χ1v) is 5.58. The van der Waals surface area contributed by atoms with Crippen molar-refractivity contribution in [3.05, 3.63) is 12.7 Å². The smallest absolute Gasteiger partial charge is 0.242 e. The minimum Gasteiger partial charge on any atom is -0.492 e. The van der Waals surface area contributed by atoms with E-state index in [1.807, 2.05) is 0 Å². The van der Waals surface area contributed by atoms with Gasteiger partial charge in [0.1, 0.15) is 18.5 Å². The zero-order valence-corrected chi connectivity index (χ0v) is 9.59. The Labute approximate surface area is 106 Å². The number of halogens is 1. The molecule has 0 saturated carbocycles. The maximum absolute atomic E-state index is 14.0. The highest BCUT2D eigenvalue weighted by Gasteiger charge is 2.45. The molecule has 4 atom stereocenters. The van der Waals surface area contributed by atoms with Gasteiger partial charge in [-0.15, -0.1) is 0 Å². The molecule has 1 saturated heterocycles. The van der Waals surface area contributed by atoms with Crippen LogP contribution in [0.4, 0.5) is 4.39 Å². The van der Waals surface area contributed by atoms with E-state index in [9.17, 15) is 14.6 Å². The second kappa shape index (κ2) is 4.37. The first kappa shape index (κ1) is 12.2. The summed E-state index contributed by atoms with van der Waals surface area (Å²) in [6, 6.07) is 0. The second-order valence-electron chi connectivity index (χ2n) is 4.20. The summed E-state index contributed by atoms with van der Waals surface area (Å²) in [7, 11) is 0. The molecule has 0 bridgehead atoms. The lowest BCUT2D eigenvalue weighted by Gasteiger charge is -2.14. The molecule has 0 spiro atoms. The van der Waals surface area contributed by atoms with Crippen LogP contribution in [-0.4, -0.2) is 59.8 Å². The normalized spacial score (nSPS) is 31.1. The van der Waals surface area contributed by atoms with E-state index in [0.29, 0.717) is 0 Å². The third-order valence-electron chi connectivity index (χ3n) is 3.09. The number of ether oxygens (including phenoxy) is 1. The highest BCUT2D eigenvalue weighted by molar-refractivity contribution is 5.75. The van der Waals surface area contributed by atoms with Gasteiger partial charge in [0.15, 0.2) is 23.6 Å². The van der Waals surface area contributed by atoms with Crippen LogP contribution in [0.25, 0.3) is 11.2 Å². The van der Waals surface area contributed by atoms with E-state index in [1.54, 1.807) is 0 Å². The van der Waals surface area contributed by atoms with E-state index in [4.69, 9.17) is 9.84 Å². The average molecular weight is 270 g/mol. The fourth-order valence-corrected chi connectivity index (χ4v) is 2.10. The van der Waals surface area contributed by atoms with Crippen LogP contribution < -0.4 is 0 Å². The lowest BCUT2D eigenvalue weighted by atomic mass is 10.1. The lowest BCUT2D eigenvalue weighted by molar-refractivity contribution is -0.0459. The molecule has 0 aromatic carbocycles. The number of aliphatic hydroxyl groups is 2. The molecule has 102 valence electrons. The molecule has 1 aliphatic heterocycles. The van der Waals surface area contributed by atoms with Gasteiger partial charge in [0.25, 0.3) is 0 Å². The number of alkyl halides is 1. The van der Waals surface area contributed by atoms with E-state index in [2.05, 4.69) is 15.0 Å². The van der Waals surface area contributed by atoms with E-state index < -0.39 is 31.2 Å². The van der Waals surface area contributed by atoms with Gasteiger partial charge < -0.3 is 20.1 Å². The van der Waals surface area contributed by atoms with Crippen LogP contribution in [0, 0.1) is 0 Å². The Morgan fingerprint density at radius 3 is 2.84 bits per heavy atom. The summed E-state index contributed by atoms with van der Waals surface area (Å²) in [5.74, 6) is -0.323. The van der Waals surface area contributed by atoms with E-state index >= 15 is 0 Å². The van der Waals surface area contributed by atoms with Crippen molar-refractivity contribution in [1.29, 1.82) is 0 Å². The van der Waals surface area contributed by atoms with Crippen molar-refractivity contribution in [3.63, 3.8) is 0 Å². The molecule has 0 radical (unpaired) electrons. The summed E-state index contributed by atoms with van der Waals surface area (Å²) >= 11 is 0. The Kier molecular flexibility index (Phi) is 2.81. The summed E-state index contributed by atoms with van der Waals surface area (Å²) in [5, 5.41) is 28.1. The van der Waals surface area contributed by atoms with Crippen LogP contribution in [0.2, 0.25) is 0 Å². The van der Waals surface area contributed by atoms with Crippen LogP contribution >= 0.6 is 0 Å². The molecular weight excluding hydrogens is 259 g/mol. The molecule has 1 unspecified atom stereocenters. The molecule has 8 nitrogen and oxygen atoms in total. The van der Waals surface area contributed by atoms with Crippen LogP contribution in [0.3, 0.4) is 0 Å². The maximum Gasteiger partial charge on any atom is 0.242 e. The number of rotatable bonds is 2. The van der Waals surface area contributed by atoms with Gasteiger partial charge in [0, 0.05) is 0 Å². The van der Waals surface area contributed by atoms with Gasteiger partial charge in [0.05, 0.1) is 12.9 Å². The summed E-state index contributed by atoms with van der Waals surface area (Å²) in [6.45, 7) is -0.495. The van der Waals surface area contributed by atoms with E-state index in [0.717, 1.165) is 6.33 Å². The summed E-state index contributed by atoms with van der Waals surface area (Å²) in [6.07, 6.45) is -2.98. The monoisotopic (exact) mass is 270 g/mol. The van der Waals surface area contributed by atoms with E-state index in [1.165, 1.54) is 10.9 Å². The first-order valence-electron chi connectivity index (χ1n) is 5.58. The molecule has 19 heavy (non-hydrogen) atoms. The van der Waals surface area contributed by atoms with Crippen molar-refractivity contribution in [2.24, 2.45) is 0 Å². The number of nitrogens with zero attached hydrogens (tertiary/aromatic N) is 4. The van der Waals surface area contributed by atoms with Gasteiger partial charge in [-0.1, -0.05) is 0 Å². The van der Waals surface area contributed by atoms with Crippen molar-refractivity contribution in [3.8, 4) is 5.88 Å². The minimum atomic E-state index is -1.73. The Hall–Kier alpha value is -1.84. The molecule has 1 aliphatic rings. The van der Waals surface area contributed by atoms with Crippen molar-refractivity contribution < 1.29 is 24.4 Å². The summed E-state index contributed by atoms with van der Waals surface area (Å²) in [4.78, 5) is 11.3. The zero-order valence-electron chi connectivity index (χ0n) is 9.59. The average Bonchev–Trinajstić information content (AvgIpc) is 2.94. The first-order chi connectivity index (χ1) is 9.13. The molecule has 2 aromatic heterocycles. The Bertz CT molecular complexity index is 606. The second-order valence-corrected chi connectivity index (χ2v) is 4.20. The van der Waals surface area contributed by atoms with Gasteiger partial charge in [-0.2, -0.15) is 4.98 Å². The molecule has 0 aliphatic carbocycles. The van der Waals surface area contributed by atoms with Crippen molar-refractivity contribution >= 4 is 11.2 Å². The Morgan fingerprint density at radius 2 is 2.16 bits per heavy atom.